The van der Waals surface area contributed by atoms with E-state index in [0.29, 0.717) is 24.4 Å². The number of amides is 1. The minimum Gasteiger partial charge on any atom is -0.485 e. The maximum absolute atomic E-state index is 12.1. The van der Waals surface area contributed by atoms with Crippen LogP contribution in [0.2, 0.25) is 0 Å². The molecule has 3 rings (SSSR count). The van der Waals surface area contributed by atoms with Crippen molar-refractivity contribution < 1.29 is 14.6 Å². The zero-order chi connectivity index (χ0) is 15.2. The zero-order valence-corrected chi connectivity index (χ0v) is 12.2. The first-order valence-electron chi connectivity index (χ1n) is 7.12. The predicted molar refractivity (Wildman–Crippen MR) is 77.1 cm³/mol. The van der Waals surface area contributed by atoms with Crippen molar-refractivity contribution in [1.29, 1.82) is 0 Å². The summed E-state index contributed by atoms with van der Waals surface area (Å²) in [5, 5.41) is 10.7. The highest BCUT2D eigenvalue weighted by molar-refractivity contribution is 5.79. The molecule has 2 heterocycles. The van der Waals surface area contributed by atoms with Gasteiger partial charge in [0, 0.05) is 18.5 Å². The van der Waals surface area contributed by atoms with E-state index < -0.39 is 17.7 Å². The van der Waals surface area contributed by atoms with E-state index in [0.717, 1.165) is 12.0 Å². The van der Waals surface area contributed by atoms with Crippen molar-refractivity contribution in [3.63, 3.8) is 0 Å². The van der Waals surface area contributed by atoms with E-state index in [4.69, 9.17) is 11.3 Å². The normalized spacial score (nSPS) is 27.0. The molecule has 21 heavy (non-hydrogen) atoms. The molecule has 1 saturated heterocycles. The molecule has 1 fully saturated rings. The molecule has 1 N–H and O–H groups in total. The fraction of sp³-hybridized carbons (Fsp3) is 0.500. The minimum absolute atomic E-state index is 0.0518. The van der Waals surface area contributed by atoms with Crippen molar-refractivity contribution in [2.45, 2.75) is 44.4 Å². The van der Waals surface area contributed by atoms with Gasteiger partial charge in [-0.3, -0.25) is 4.79 Å². The maximum atomic E-state index is 12.1. The van der Waals surface area contributed by atoms with Crippen LogP contribution in [0, 0.1) is 6.57 Å². The zero-order valence-electron chi connectivity index (χ0n) is 12.2. The SMILES string of the molecule is [C-]#[N+]c1ccc2c(c1)[C@H](N1CCCC1=O)C(O)C(C)(C)O2. The monoisotopic (exact) mass is 286 g/mol. The Labute approximate surface area is 124 Å². The van der Waals surface area contributed by atoms with Crippen LogP contribution in [0.3, 0.4) is 0 Å². The number of ether oxygens (including phenoxy) is 1. The molecule has 0 radical (unpaired) electrons. The van der Waals surface area contributed by atoms with Crippen LogP contribution >= 0.6 is 0 Å². The summed E-state index contributed by atoms with van der Waals surface area (Å²) in [6.45, 7) is 11.4. The topological polar surface area (TPSA) is 54.1 Å². The number of nitrogens with zero attached hydrogens (tertiary/aromatic N) is 2. The van der Waals surface area contributed by atoms with E-state index in [1.54, 1.807) is 23.1 Å². The molecule has 2 aliphatic rings. The molecule has 1 unspecified atom stereocenters. The Morgan fingerprint density at radius 2 is 2.24 bits per heavy atom. The molecule has 2 aliphatic heterocycles. The van der Waals surface area contributed by atoms with Gasteiger partial charge in [0.1, 0.15) is 17.5 Å². The average Bonchev–Trinajstić information content (AvgIpc) is 2.86. The Bertz CT molecular complexity index is 633. The second kappa shape index (κ2) is 4.74. The third-order valence-corrected chi connectivity index (χ3v) is 4.27. The summed E-state index contributed by atoms with van der Waals surface area (Å²) < 4.78 is 5.87. The molecule has 5 nitrogen and oxygen atoms in total. The lowest BCUT2D eigenvalue weighted by Gasteiger charge is -2.45. The number of aliphatic hydroxyl groups is 1. The number of carbonyl (C=O) groups is 1. The van der Waals surface area contributed by atoms with Gasteiger partial charge >= 0.3 is 0 Å². The average molecular weight is 286 g/mol. The van der Waals surface area contributed by atoms with Crippen LogP contribution in [0.4, 0.5) is 5.69 Å². The summed E-state index contributed by atoms with van der Waals surface area (Å²) in [5.74, 6) is 0.693. The summed E-state index contributed by atoms with van der Waals surface area (Å²) in [6.07, 6.45) is 0.497. The number of benzene rings is 1. The number of carbonyl (C=O) groups excluding carboxylic acids is 1. The lowest BCUT2D eigenvalue weighted by molar-refractivity contribution is -0.139. The Hall–Kier alpha value is -2.06. The molecule has 0 aliphatic carbocycles. The van der Waals surface area contributed by atoms with Gasteiger partial charge in [0.15, 0.2) is 5.69 Å². The van der Waals surface area contributed by atoms with Crippen LogP contribution < -0.4 is 4.74 Å². The van der Waals surface area contributed by atoms with Crippen molar-refractivity contribution in [1.82, 2.24) is 4.90 Å². The molecule has 2 atom stereocenters. The van der Waals surface area contributed by atoms with Crippen molar-refractivity contribution >= 4 is 11.6 Å². The Morgan fingerprint density at radius 1 is 1.48 bits per heavy atom. The van der Waals surface area contributed by atoms with Crippen molar-refractivity contribution in [2.24, 2.45) is 0 Å². The van der Waals surface area contributed by atoms with Gasteiger partial charge in [-0.05, 0) is 32.4 Å². The molecule has 5 heteroatoms. The van der Waals surface area contributed by atoms with Gasteiger partial charge < -0.3 is 14.7 Å². The maximum Gasteiger partial charge on any atom is 0.223 e. The Morgan fingerprint density at radius 3 is 2.86 bits per heavy atom. The number of likely N-dealkylation sites (tertiary alicyclic amines) is 1. The summed E-state index contributed by atoms with van der Waals surface area (Å²) in [4.78, 5) is 17.3. The fourth-order valence-corrected chi connectivity index (χ4v) is 3.13. The molecule has 0 spiro atoms. The highest BCUT2D eigenvalue weighted by Crippen LogP contribution is 2.45. The van der Waals surface area contributed by atoms with Gasteiger partial charge in [-0.25, -0.2) is 4.85 Å². The van der Waals surface area contributed by atoms with Crippen LogP contribution in [-0.4, -0.2) is 34.2 Å². The van der Waals surface area contributed by atoms with E-state index in [2.05, 4.69) is 4.85 Å². The second-order valence-corrected chi connectivity index (χ2v) is 6.12. The van der Waals surface area contributed by atoms with E-state index in [1.807, 2.05) is 13.8 Å². The van der Waals surface area contributed by atoms with E-state index in [1.165, 1.54) is 0 Å². The minimum atomic E-state index is -0.826. The molecular formula is C16H18N2O3. The lowest BCUT2D eigenvalue weighted by atomic mass is 9.85. The van der Waals surface area contributed by atoms with Crippen LogP contribution in [0.25, 0.3) is 4.85 Å². The molecule has 1 amide bonds. The number of hydrogen-bond donors (Lipinski definition) is 1. The largest absolute Gasteiger partial charge is 0.485 e. The molecule has 1 aromatic carbocycles. The molecule has 0 saturated carbocycles. The van der Waals surface area contributed by atoms with Crippen LogP contribution in [-0.2, 0) is 4.79 Å². The molecule has 1 aromatic rings. The Balaban J connectivity index is 2.12. The summed E-state index contributed by atoms with van der Waals surface area (Å²) in [5.41, 5.74) is 0.437. The van der Waals surface area contributed by atoms with Gasteiger partial charge in [-0.1, -0.05) is 6.07 Å². The van der Waals surface area contributed by atoms with Crippen LogP contribution in [0.5, 0.6) is 5.75 Å². The highest BCUT2D eigenvalue weighted by Gasteiger charge is 2.47. The first-order chi connectivity index (χ1) is 9.94. The van der Waals surface area contributed by atoms with Crippen molar-refractivity contribution in [3.8, 4) is 5.75 Å². The second-order valence-electron chi connectivity index (χ2n) is 6.12. The van der Waals surface area contributed by atoms with Gasteiger partial charge in [-0.15, -0.1) is 0 Å². The van der Waals surface area contributed by atoms with Gasteiger partial charge in [-0.2, -0.15) is 0 Å². The quantitative estimate of drug-likeness (QED) is 0.807. The third kappa shape index (κ3) is 2.16. The predicted octanol–water partition coefficient (Wildman–Crippen LogP) is 2.43. The molecule has 0 bridgehead atoms. The first-order valence-corrected chi connectivity index (χ1v) is 7.12. The van der Waals surface area contributed by atoms with Gasteiger partial charge in [0.25, 0.3) is 0 Å². The van der Waals surface area contributed by atoms with Crippen LogP contribution in [0.15, 0.2) is 18.2 Å². The van der Waals surface area contributed by atoms with E-state index in [9.17, 15) is 9.90 Å². The molecule has 110 valence electrons. The summed E-state index contributed by atoms with van der Waals surface area (Å²) in [6, 6.07) is 4.73. The third-order valence-electron chi connectivity index (χ3n) is 4.27. The summed E-state index contributed by atoms with van der Waals surface area (Å²) in [7, 11) is 0. The standard InChI is InChI=1S/C16H18N2O3/c1-16(2)15(20)14(18-8-4-5-13(18)19)11-9-10(17-3)6-7-12(11)21-16/h6-7,9,14-15,20H,4-5,8H2,1-2H3/t14-,15?/m0/s1. The first kappa shape index (κ1) is 13.9. The highest BCUT2D eigenvalue weighted by atomic mass is 16.5. The number of hydrogen-bond acceptors (Lipinski definition) is 3. The molecule has 0 aromatic heterocycles. The number of fused-ring (bicyclic) bond motifs is 1. The van der Waals surface area contributed by atoms with Crippen molar-refractivity contribution in [3.05, 3.63) is 35.2 Å². The van der Waals surface area contributed by atoms with Gasteiger partial charge in [0.05, 0.1) is 12.6 Å². The number of aliphatic hydroxyl groups excluding tert-OH is 1. The molecular weight excluding hydrogens is 268 g/mol. The van der Waals surface area contributed by atoms with Crippen molar-refractivity contribution in [2.75, 3.05) is 6.54 Å². The smallest absolute Gasteiger partial charge is 0.223 e. The Kier molecular flexibility index (Phi) is 3.14. The van der Waals surface area contributed by atoms with Crippen LogP contribution in [0.1, 0.15) is 38.3 Å². The van der Waals surface area contributed by atoms with E-state index in [-0.39, 0.29) is 5.91 Å². The van der Waals surface area contributed by atoms with Gasteiger partial charge in [0.2, 0.25) is 5.91 Å². The number of rotatable bonds is 1. The van der Waals surface area contributed by atoms with E-state index >= 15 is 0 Å². The summed E-state index contributed by atoms with van der Waals surface area (Å²) >= 11 is 0. The lowest BCUT2D eigenvalue weighted by Crippen LogP contribution is -2.53. The fourth-order valence-electron chi connectivity index (χ4n) is 3.13.